The van der Waals surface area contributed by atoms with E-state index in [0.717, 1.165) is 16.9 Å². The highest BCUT2D eigenvalue weighted by Gasteiger charge is 2.22. The number of thioether (sulfide) groups is 1. The second kappa shape index (κ2) is 11.3. The Morgan fingerprint density at radius 1 is 0.844 bits per heavy atom. The molecule has 3 rings (SSSR count). The lowest BCUT2D eigenvalue weighted by atomic mass is 10.1. The van der Waals surface area contributed by atoms with Gasteiger partial charge < -0.3 is 10.6 Å². The van der Waals surface area contributed by atoms with Gasteiger partial charge in [-0.15, -0.1) is 11.8 Å². The Kier molecular flexibility index (Phi) is 8.22. The minimum Gasteiger partial charge on any atom is -0.326 e. The highest BCUT2D eigenvalue weighted by molar-refractivity contribution is 8.00. The zero-order valence-corrected chi connectivity index (χ0v) is 18.9. The monoisotopic (exact) mass is 446 g/mol. The summed E-state index contributed by atoms with van der Waals surface area (Å²) in [7, 11) is 0. The average Bonchev–Trinajstić information content (AvgIpc) is 2.79. The lowest BCUT2D eigenvalue weighted by molar-refractivity contribution is -0.116. The molecular formula is C26H26N2O3S. The number of benzene rings is 3. The number of Topliss-reactive ketones (excluding diaryl/α,β-unsaturated/α-hetero) is 1. The van der Waals surface area contributed by atoms with Crippen LogP contribution in [-0.2, 0) is 9.59 Å². The third kappa shape index (κ3) is 6.56. The summed E-state index contributed by atoms with van der Waals surface area (Å²) in [5.74, 6) is -0.218. The van der Waals surface area contributed by atoms with Crippen molar-refractivity contribution in [1.82, 2.24) is 0 Å². The van der Waals surface area contributed by atoms with Crippen LogP contribution in [0.25, 0.3) is 0 Å². The van der Waals surface area contributed by atoms with E-state index < -0.39 is 5.25 Å². The molecule has 0 radical (unpaired) electrons. The molecule has 0 saturated heterocycles. The van der Waals surface area contributed by atoms with E-state index >= 15 is 0 Å². The van der Waals surface area contributed by atoms with Crippen LogP contribution in [0.2, 0.25) is 0 Å². The molecule has 2 N–H and O–H groups in total. The first kappa shape index (κ1) is 23.3. The molecule has 0 aliphatic carbocycles. The molecule has 1 atom stereocenters. The van der Waals surface area contributed by atoms with Crippen LogP contribution in [0.15, 0.2) is 83.8 Å². The van der Waals surface area contributed by atoms with Crippen molar-refractivity contribution in [2.45, 2.75) is 36.8 Å². The van der Waals surface area contributed by atoms with Gasteiger partial charge in [-0.2, -0.15) is 0 Å². The minimum atomic E-state index is -0.495. The summed E-state index contributed by atoms with van der Waals surface area (Å²) in [5, 5.41) is 5.35. The van der Waals surface area contributed by atoms with Gasteiger partial charge >= 0.3 is 0 Å². The van der Waals surface area contributed by atoms with E-state index in [0.29, 0.717) is 23.4 Å². The third-order valence-corrected chi connectivity index (χ3v) is 6.00. The van der Waals surface area contributed by atoms with Gasteiger partial charge in [0.1, 0.15) is 5.25 Å². The molecule has 164 valence electrons. The van der Waals surface area contributed by atoms with Gasteiger partial charge in [0, 0.05) is 28.3 Å². The van der Waals surface area contributed by atoms with Crippen molar-refractivity contribution >= 4 is 40.7 Å². The summed E-state index contributed by atoms with van der Waals surface area (Å²) < 4.78 is 0. The van der Waals surface area contributed by atoms with Gasteiger partial charge in [0.2, 0.25) is 11.8 Å². The number of amides is 2. The molecule has 1 unspecified atom stereocenters. The zero-order valence-electron chi connectivity index (χ0n) is 18.1. The summed E-state index contributed by atoms with van der Waals surface area (Å²) in [6.45, 7) is 3.47. The van der Waals surface area contributed by atoms with Crippen LogP contribution in [0, 0.1) is 0 Å². The van der Waals surface area contributed by atoms with Gasteiger partial charge in [0.25, 0.3) is 0 Å². The van der Waals surface area contributed by atoms with Gasteiger partial charge in [0.05, 0.1) is 0 Å². The summed E-state index contributed by atoms with van der Waals surface area (Å²) in [6.07, 6.45) is 1.25. The van der Waals surface area contributed by atoms with E-state index in [1.54, 1.807) is 24.3 Å². The van der Waals surface area contributed by atoms with Crippen LogP contribution in [0.1, 0.15) is 47.9 Å². The van der Waals surface area contributed by atoms with Crippen molar-refractivity contribution < 1.29 is 14.4 Å². The quantitative estimate of drug-likeness (QED) is 0.308. The van der Waals surface area contributed by atoms with Crippen molar-refractivity contribution in [1.29, 1.82) is 0 Å². The maximum absolute atomic E-state index is 13.2. The molecule has 3 aromatic carbocycles. The van der Waals surface area contributed by atoms with Crippen LogP contribution in [0.3, 0.4) is 0 Å². The number of anilines is 2. The van der Waals surface area contributed by atoms with Gasteiger partial charge in [-0.05, 0) is 61.4 Å². The molecule has 32 heavy (non-hydrogen) atoms. The molecule has 0 saturated carbocycles. The van der Waals surface area contributed by atoms with Gasteiger partial charge in [-0.1, -0.05) is 43.3 Å². The van der Waals surface area contributed by atoms with Gasteiger partial charge in [-0.25, -0.2) is 0 Å². The largest absolute Gasteiger partial charge is 0.326 e. The molecule has 2 amide bonds. The average molecular weight is 447 g/mol. The molecular weight excluding hydrogens is 420 g/mol. The molecule has 6 heteroatoms. The van der Waals surface area contributed by atoms with Crippen LogP contribution in [-0.4, -0.2) is 17.6 Å². The highest BCUT2D eigenvalue weighted by Crippen LogP contribution is 2.37. The maximum atomic E-state index is 13.2. The summed E-state index contributed by atoms with van der Waals surface area (Å²) in [4.78, 5) is 37.5. The van der Waals surface area contributed by atoms with E-state index in [4.69, 9.17) is 0 Å². The predicted molar refractivity (Wildman–Crippen MR) is 130 cm³/mol. The van der Waals surface area contributed by atoms with Crippen molar-refractivity contribution in [3.05, 3.63) is 90.0 Å². The number of carbonyl (C=O) groups excluding carboxylic acids is 3. The molecule has 0 aromatic heterocycles. The van der Waals surface area contributed by atoms with E-state index in [2.05, 4.69) is 10.6 Å². The first-order valence-electron chi connectivity index (χ1n) is 10.5. The molecule has 0 fully saturated rings. The number of rotatable bonds is 9. The van der Waals surface area contributed by atoms with Crippen LogP contribution in [0.4, 0.5) is 11.4 Å². The zero-order chi connectivity index (χ0) is 22.9. The Labute approximate surface area is 192 Å². The van der Waals surface area contributed by atoms with Gasteiger partial charge in [-0.3, -0.25) is 14.4 Å². The standard InChI is InChI=1S/C26H26N2O3S/c1-3-8-24(30)27-22-11-7-12-23(17-22)32-25(20-9-5-4-6-10-20)26(31)28-21-15-13-19(14-16-21)18(2)29/h4-7,9-17,25H,3,8H2,1-2H3,(H,27,30)(H,28,31). The molecule has 0 spiro atoms. The Balaban J connectivity index is 1.80. The fourth-order valence-corrected chi connectivity index (χ4v) is 4.21. The number of hydrogen-bond donors (Lipinski definition) is 2. The minimum absolute atomic E-state index is 0.0218. The number of ketones is 1. The second-order valence-electron chi connectivity index (χ2n) is 7.36. The molecule has 0 bridgehead atoms. The van der Waals surface area contributed by atoms with Crippen LogP contribution in [0.5, 0.6) is 0 Å². The lowest BCUT2D eigenvalue weighted by Gasteiger charge is -2.18. The fourth-order valence-electron chi connectivity index (χ4n) is 3.13. The van der Waals surface area contributed by atoms with E-state index in [1.807, 2.05) is 61.5 Å². The van der Waals surface area contributed by atoms with Crippen molar-refractivity contribution in [2.24, 2.45) is 0 Å². The summed E-state index contributed by atoms with van der Waals surface area (Å²) in [5.41, 5.74) is 2.80. The van der Waals surface area contributed by atoms with Crippen molar-refractivity contribution in [2.75, 3.05) is 10.6 Å². The smallest absolute Gasteiger partial charge is 0.242 e. The molecule has 0 aliphatic heterocycles. The predicted octanol–water partition coefficient (Wildman–Crippen LogP) is 6.10. The number of carbonyl (C=O) groups is 3. The molecule has 0 aliphatic rings. The first-order valence-corrected chi connectivity index (χ1v) is 11.4. The first-order chi connectivity index (χ1) is 15.5. The molecule has 3 aromatic rings. The fraction of sp³-hybridized carbons (Fsp3) is 0.192. The summed E-state index contributed by atoms with van der Waals surface area (Å²) in [6, 6.07) is 23.9. The van der Waals surface area contributed by atoms with E-state index in [9.17, 15) is 14.4 Å². The highest BCUT2D eigenvalue weighted by atomic mass is 32.2. The molecule has 5 nitrogen and oxygen atoms in total. The van der Waals surface area contributed by atoms with E-state index in [1.165, 1.54) is 18.7 Å². The number of hydrogen-bond acceptors (Lipinski definition) is 4. The van der Waals surface area contributed by atoms with Crippen LogP contribution < -0.4 is 10.6 Å². The summed E-state index contributed by atoms with van der Waals surface area (Å²) >= 11 is 1.41. The Morgan fingerprint density at radius 3 is 2.22 bits per heavy atom. The van der Waals surface area contributed by atoms with Crippen molar-refractivity contribution in [3.63, 3.8) is 0 Å². The normalized spacial score (nSPS) is 11.4. The van der Waals surface area contributed by atoms with Crippen LogP contribution >= 0.6 is 11.8 Å². The number of nitrogens with one attached hydrogen (secondary N) is 2. The topological polar surface area (TPSA) is 75.3 Å². The lowest BCUT2D eigenvalue weighted by Crippen LogP contribution is -2.19. The molecule has 0 heterocycles. The van der Waals surface area contributed by atoms with E-state index in [-0.39, 0.29) is 17.6 Å². The Bertz CT molecular complexity index is 1080. The second-order valence-corrected chi connectivity index (χ2v) is 8.54. The maximum Gasteiger partial charge on any atom is 0.242 e. The Hall–Kier alpha value is -3.38. The van der Waals surface area contributed by atoms with Gasteiger partial charge in [0.15, 0.2) is 5.78 Å². The SMILES string of the molecule is CCCC(=O)Nc1cccc(SC(C(=O)Nc2ccc(C(C)=O)cc2)c2ccccc2)c1. The third-order valence-electron chi connectivity index (χ3n) is 4.75. The van der Waals surface area contributed by atoms with Crippen molar-refractivity contribution in [3.8, 4) is 0 Å². The Morgan fingerprint density at radius 2 is 1.56 bits per heavy atom.